The minimum Gasteiger partial charge on any atom is -0.492 e. The summed E-state index contributed by atoms with van der Waals surface area (Å²) in [4.78, 5) is 0. The van der Waals surface area contributed by atoms with Crippen molar-refractivity contribution in [2.75, 3.05) is 19.7 Å². The Bertz CT molecular complexity index is 639. The van der Waals surface area contributed by atoms with Crippen molar-refractivity contribution in [3.05, 3.63) is 54.6 Å². The van der Waals surface area contributed by atoms with Crippen molar-refractivity contribution in [3.63, 3.8) is 0 Å². The number of ether oxygens (including phenoxy) is 1. The maximum absolute atomic E-state index is 5.72. The highest BCUT2D eigenvalue weighted by Gasteiger charge is 1.98. The van der Waals surface area contributed by atoms with Crippen LogP contribution in [0, 0.1) is 0 Å². The second-order valence-electron chi connectivity index (χ2n) is 4.92. The summed E-state index contributed by atoms with van der Waals surface area (Å²) < 4.78 is 5.72. The molecule has 2 rings (SSSR count). The number of rotatable bonds is 6. The van der Waals surface area contributed by atoms with Crippen LogP contribution in [0.3, 0.4) is 0 Å². The Morgan fingerprint density at radius 3 is 2.67 bits per heavy atom. The number of nitrogens with one attached hydrogen (secondary N) is 2. The van der Waals surface area contributed by atoms with Gasteiger partial charge < -0.3 is 15.4 Å². The van der Waals surface area contributed by atoms with E-state index in [2.05, 4.69) is 35.4 Å². The highest BCUT2D eigenvalue weighted by Crippen LogP contribution is 2.20. The number of thiocarbonyl (C=S) groups is 1. The third kappa shape index (κ3) is 5.08. The van der Waals surface area contributed by atoms with Gasteiger partial charge in [0, 0.05) is 6.54 Å². The van der Waals surface area contributed by atoms with Crippen LogP contribution in [0.25, 0.3) is 10.8 Å². The van der Waals surface area contributed by atoms with E-state index in [4.69, 9.17) is 17.0 Å². The van der Waals surface area contributed by atoms with E-state index in [0.29, 0.717) is 24.8 Å². The van der Waals surface area contributed by atoms with Gasteiger partial charge in [-0.2, -0.15) is 0 Å². The second-order valence-corrected chi connectivity index (χ2v) is 5.33. The molecule has 21 heavy (non-hydrogen) atoms. The van der Waals surface area contributed by atoms with Gasteiger partial charge in [-0.15, -0.1) is 0 Å². The molecule has 0 saturated carbocycles. The third-order valence-corrected chi connectivity index (χ3v) is 3.22. The first-order chi connectivity index (χ1) is 10.1. The highest BCUT2D eigenvalue weighted by atomic mass is 32.1. The SMILES string of the molecule is C=C(C)CNC(=S)NCCOc1ccc2ccccc2c1. The number of benzene rings is 2. The number of hydrogen-bond donors (Lipinski definition) is 2. The van der Waals surface area contributed by atoms with Crippen LogP contribution in [-0.2, 0) is 0 Å². The summed E-state index contributed by atoms with van der Waals surface area (Å²) in [6.45, 7) is 7.69. The van der Waals surface area contributed by atoms with E-state index >= 15 is 0 Å². The minimum atomic E-state index is 0.563. The zero-order valence-corrected chi connectivity index (χ0v) is 13.0. The molecule has 0 radical (unpaired) electrons. The third-order valence-electron chi connectivity index (χ3n) is 2.93. The lowest BCUT2D eigenvalue weighted by Crippen LogP contribution is -2.38. The van der Waals surface area contributed by atoms with Gasteiger partial charge in [0.1, 0.15) is 12.4 Å². The van der Waals surface area contributed by atoms with E-state index in [1.165, 1.54) is 10.8 Å². The van der Waals surface area contributed by atoms with Gasteiger partial charge in [-0.25, -0.2) is 0 Å². The van der Waals surface area contributed by atoms with Crippen LogP contribution in [0.5, 0.6) is 5.75 Å². The molecule has 0 amide bonds. The topological polar surface area (TPSA) is 33.3 Å². The number of hydrogen-bond acceptors (Lipinski definition) is 2. The summed E-state index contributed by atoms with van der Waals surface area (Å²) >= 11 is 5.15. The van der Waals surface area contributed by atoms with Crippen molar-refractivity contribution in [2.45, 2.75) is 6.92 Å². The summed E-state index contributed by atoms with van der Waals surface area (Å²) in [6.07, 6.45) is 0. The van der Waals surface area contributed by atoms with Gasteiger partial charge in [0.05, 0.1) is 6.54 Å². The molecule has 0 unspecified atom stereocenters. The summed E-state index contributed by atoms with van der Waals surface area (Å²) in [7, 11) is 0. The lowest BCUT2D eigenvalue weighted by atomic mass is 10.1. The Morgan fingerprint density at radius 2 is 1.90 bits per heavy atom. The van der Waals surface area contributed by atoms with Crippen molar-refractivity contribution < 1.29 is 4.74 Å². The van der Waals surface area contributed by atoms with Gasteiger partial charge in [0.2, 0.25) is 0 Å². The molecule has 0 aliphatic heterocycles. The van der Waals surface area contributed by atoms with Crippen LogP contribution < -0.4 is 15.4 Å². The minimum absolute atomic E-state index is 0.563. The molecule has 110 valence electrons. The largest absolute Gasteiger partial charge is 0.492 e. The van der Waals surface area contributed by atoms with Gasteiger partial charge in [-0.3, -0.25) is 0 Å². The van der Waals surface area contributed by atoms with E-state index in [0.717, 1.165) is 11.3 Å². The average molecular weight is 300 g/mol. The van der Waals surface area contributed by atoms with Crippen LogP contribution in [0.4, 0.5) is 0 Å². The Labute approximate surface area is 131 Å². The first kappa shape index (κ1) is 15.3. The molecule has 0 saturated heterocycles. The van der Waals surface area contributed by atoms with Gasteiger partial charge >= 0.3 is 0 Å². The molecule has 0 bridgehead atoms. The zero-order chi connectivity index (χ0) is 15.1. The quantitative estimate of drug-likeness (QED) is 0.487. The smallest absolute Gasteiger partial charge is 0.166 e. The van der Waals surface area contributed by atoms with Crippen molar-refractivity contribution in [3.8, 4) is 5.75 Å². The fourth-order valence-corrected chi connectivity index (χ4v) is 2.06. The monoisotopic (exact) mass is 300 g/mol. The normalized spacial score (nSPS) is 10.1. The molecule has 0 aliphatic rings. The van der Waals surface area contributed by atoms with Gasteiger partial charge in [-0.1, -0.05) is 42.5 Å². The lowest BCUT2D eigenvalue weighted by Gasteiger charge is -2.11. The first-order valence-electron chi connectivity index (χ1n) is 6.93. The summed E-state index contributed by atoms with van der Waals surface area (Å²) in [5.41, 5.74) is 1.05. The molecule has 0 aliphatic carbocycles. The molecule has 2 aromatic rings. The first-order valence-corrected chi connectivity index (χ1v) is 7.33. The molecule has 3 nitrogen and oxygen atoms in total. The van der Waals surface area contributed by atoms with E-state index < -0.39 is 0 Å². The van der Waals surface area contributed by atoms with Gasteiger partial charge in [0.25, 0.3) is 0 Å². The van der Waals surface area contributed by atoms with Crippen molar-refractivity contribution in [1.29, 1.82) is 0 Å². The van der Waals surface area contributed by atoms with Gasteiger partial charge in [-0.05, 0) is 42.0 Å². The van der Waals surface area contributed by atoms with Crippen molar-refractivity contribution in [1.82, 2.24) is 10.6 Å². The molecule has 0 spiro atoms. The predicted molar refractivity (Wildman–Crippen MR) is 92.9 cm³/mol. The summed E-state index contributed by atoms with van der Waals surface area (Å²) in [5, 5.41) is 9.19. The Balaban J connectivity index is 1.75. The molecule has 0 aromatic heterocycles. The zero-order valence-electron chi connectivity index (χ0n) is 12.2. The molecular formula is C17H20N2OS. The molecular weight excluding hydrogens is 280 g/mol. The van der Waals surface area contributed by atoms with E-state index in [9.17, 15) is 0 Å². The Hall–Kier alpha value is -2.07. The number of fused-ring (bicyclic) bond motifs is 1. The molecule has 0 heterocycles. The fourth-order valence-electron chi connectivity index (χ4n) is 1.88. The Morgan fingerprint density at radius 1 is 1.14 bits per heavy atom. The van der Waals surface area contributed by atoms with Crippen molar-refractivity contribution in [2.24, 2.45) is 0 Å². The van der Waals surface area contributed by atoms with Crippen LogP contribution in [0.1, 0.15) is 6.92 Å². The Kier molecular flexibility index (Phi) is 5.58. The van der Waals surface area contributed by atoms with Gasteiger partial charge in [0.15, 0.2) is 5.11 Å². The molecule has 2 N–H and O–H groups in total. The van der Waals surface area contributed by atoms with E-state index in [1.807, 2.05) is 31.2 Å². The average Bonchev–Trinajstić information content (AvgIpc) is 2.49. The highest BCUT2D eigenvalue weighted by molar-refractivity contribution is 7.80. The molecule has 0 fully saturated rings. The molecule has 2 aromatic carbocycles. The maximum Gasteiger partial charge on any atom is 0.166 e. The molecule has 4 heteroatoms. The maximum atomic E-state index is 5.72. The van der Waals surface area contributed by atoms with Crippen LogP contribution in [-0.4, -0.2) is 24.8 Å². The standard InChI is InChI=1S/C17H20N2OS/c1-13(2)12-19-17(21)18-9-10-20-16-8-7-14-5-3-4-6-15(14)11-16/h3-8,11H,1,9-10,12H2,2H3,(H2,18,19,21). The van der Waals surface area contributed by atoms with Crippen LogP contribution in [0.15, 0.2) is 54.6 Å². The molecule has 0 atom stereocenters. The second kappa shape index (κ2) is 7.64. The summed E-state index contributed by atoms with van der Waals surface area (Å²) in [5.74, 6) is 0.872. The van der Waals surface area contributed by atoms with E-state index in [1.54, 1.807) is 0 Å². The van der Waals surface area contributed by atoms with Crippen LogP contribution in [0.2, 0.25) is 0 Å². The van der Waals surface area contributed by atoms with Crippen LogP contribution >= 0.6 is 12.2 Å². The lowest BCUT2D eigenvalue weighted by molar-refractivity contribution is 0.323. The fraction of sp³-hybridized carbons (Fsp3) is 0.235. The predicted octanol–water partition coefficient (Wildman–Crippen LogP) is 3.26. The summed E-state index contributed by atoms with van der Waals surface area (Å²) in [6, 6.07) is 14.3. The van der Waals surface area contributed by atoms with Crippen molar-refractivity contribution >= 4 is 28.1 Å². The van der Waals surface area contributed by atoms with E-state index in [-0.39, 0.29) is 0 Å².